The molecule has 2 aliphatic carbocycles. The van der Waals surface area contributed by atoms with Gasteiger partial charge in [-0.2, -0.15) is 0 Å². The molecule has 0 heterocycles. The van der Waals surface area contributed by atoms with Gasteiger partial charge in [-0.3, -0.25) is 9.59 Å². The van der Waals surface area contributed by atoms with Crippen molar-refractivity contribution in [1.29, 1.82) is 0 Å². The molecule has 1 unspecified atom stereocenters. The molecule has 0 bridgehead atoms. The number of esters is 2. The summed E-state index contributed by atoms with van der Waals surface area (Å²) in [6.07, 6.45) is 10.5. The van der Waals surface area contributed by atoms with Crippen molar-refractivity contribution < 1.29 is 19.1 Å². The van der Waals surface area contributed by atoms with Gasteiger partial charge in [0.05, 0.1) is 0 Å². The van der Waals surface area contributed by atoms with Gasteiger partial charge in [-0.1, -0.05) is 33.6 Å². The summed E-state index contributed by atoms with van der Waals surface area (Å²) >= 11 is 0. The molecule has 1 atom stereocenters. The van der Waals surface area contributed by atoms with Crippen LogP contribution in [0.4, 0.5) is 0 Å². The number of carbonyl (C=O) groups excluding carboxylic acids is 2. The molecule has 0 N–H and O–H groups in total. The molecular formula is C20H34O4. The van der Waals surface area contributed by atoms with Crippen LogP contribution in [-0.2, 0) is 19.1 Å². The molecule has 0 radical (unpaired) electrons. The Morgan fingerprint density at radius 2 is 1.08 bits per heavy atom. The number of carbonyl (C=O) groups is 2. The first-order chi connectivity index (χ1) is 11.5. The van der Waals surface area contributed by atoms with E-state index in [0.717, 1.165) is 51.4 Å². The van der Waals surface area contributed by atoms with E-state index in [1.807, 2.05) is 20.8 Å². The molecule has 0 aromatic carbocycles. The van der Waals surface area contributed by atoms with Gasteiger partial charge in [0, 0.05) is 0 Å². The van der Waals surface area contributed by atoms with Crippen molar-refractivity contribution in [2.24, 2.45) is 17.8 Å². The minimum atomic E-state index is -0.783. The first-order valence-corrected chi connectivity index (χ1v) is 9.90. The number of ether oxygens (including phenoxy) is 2. The summed E-state index contributed by atoms with van der Waals surface area (Å²) in [6, 6.07) is 0. The number of hydrogen-bond acceptors (Lipinski definition) is 4. The molecule has 138 valence electrons. The van der Waals surface area contributed by atoms with Crippen LogP contribution in [0.3, 0.4) is 0 Å². The lowest BCUT2D eigenvalue weighted by Crippen LogP contribution is -2.39. The molecule has 4 heteroatoms. The summed E-state index contributed by atoms with van der Waals surface area (Å²) in [5.41, 5.74) is 0. The van der Waals surface area contributed by atoms with E-state index in [9.17, 15) is 9.59 Å². The van der Waals surface area contributed by atoms with Crippen LogP contribution in [0, 0.1) is 17.8 Å². The third kappa shape index (κ3) is 5.49. The van der Waals surface area contributed by atoms with E-state index in [0.29, 0.717) is 0 Å². The van der Waals surface area contributed by atoms with E-state index in [2.05, 4.69) is 0 Å². The lowest BCUT2D eigenvalue weighted by molar-refractivity contribution is -0.173. The zero-order chi connectivity index (χ0) is 17.5. The first kappa shape index (κ1) is 19.3. The molecule has 0 amide bonds. The van der Waals surface area contributed by atoms with E-state index in [4.69, 9.17) is 9.47 Å². The van der Waals surface area contributed by atoms with Crippen LogP contribution >= 0.6 is 0 Å². The van der Waals surface area contributed by atoms with E-state index < -0.39 is 5.92 Å². The van der Waals surface area contributed by atoms with Crippen LogP contribution < -0.4 is 0 Å². The second-order valence-corrected chi connectivity index (χ2v) is 7.97. The highest BCUT2D eigenvalue weighted by molar-refractivity contribution is 5.95. The Bertz CT molecular complexity index is 374. The zero-order valence-electron chi connectivity index (χ0n) is 15.6. The topological polar surface area (TPSA) is 52.6 Å². The molecule has 4 nitrogen and oxygen atoms in total. The van der Waals surface area contributed by atoms with Crippen molar-refractivity contribution in [2.75, 3.05) is 0 Å². The monoisotopic (exact) mass is 338 g/mol. The SMILES string of the molecule is CC(C)C(C)C(C(=O)OC1CCCCC1)C(=O)OC1CCCCC1. The second-order valence-electron chi connectivity index (χ2n) is 7.97. The number of hydrogen-bond donors (Lipinski definition) is 0. The Morgan fingerprint density at radius 1 is 0.708 bits per heavy atom. The first-order valence-electron chi connectivity index (χ1n) is 9.90. The molecule has 0 aromatic heterocycles. The lowest BCUT2D eigenvalue weighted by Gasteiger charge is -2.30. The molecule has 0 spiro atoms. The normalized spacial score (nSPS) is 21.7. The fraction of sp³-hybridized carbons (Fsp3) is 0.900. The lowest BCUT2D eigenvalue weighted by atomic mass is 9.84. The second kappa shape index (κ2) is 9.43. The Hall–Kier alpha value is -1.06. The smallest absolute Gasteiger partial charge is 0.320 e. The predicted octanol–water partition coefficient (Wildman–Crippen LogP) is 4.65. The molecular weight excluding hydrogens is 304 g/mol. The summed E-state index contributed by atoms with van der Waals surface area (Å²) in [7, 11) is 0. The van der Waals surface area contributed by atoms with Gasteiger partial charge < -0.3 is 9.47 Å². The average molecular weight is 338 g/mol. The Morgan fingerprint density at radius 3 is 1.42 bits per heavy atom. The van der Waals surface area contributed by atoms with Gasteiger partial charge in [-0.25, -0.2) is 0 Å². The van der Waals surface area contributed by atoms with Crippen LogP contribution in [0.5, 0.6) is 0 Å². The number of rotatable bonds is 6. The minimum Gasteiger partial charge on any atom is -0.462 e. The van der Waals surface area contributed by atoms with Gasteiger partial charge in [0.1, 0.15) is 12.2 Å². The molecule has 2 aliphatic rings. The van der Waals surface area contributed by atoms with Crippen molar-refractivity contribution >= 4 is 11.9 Å². The van der Waals surface area contributed by atoms with Crippen molar-refractivity contribution in [2.45, 2.75) is 97.2 Å². The zero-order valence-corrected chi connectivity index (χ0v) is 15.6. The van der Waals surface area contributed by atoms with Gasteiger partial charge >= 0.3 is 11.9 Å². The van der Waals surface area contributed by atoms with Crippen LogP contribution in [-0.4, -0.2) is 24.1 Å². The molecule has 24 heavy (non-hydrogen) atoms. The van der Waals surface area contributed by atoms with Crippen molar-refractivity contribution in [3.63, 3.8) is 0 Å². The van der Waals surface area contributed by atoms with Crippen LogP contribution in [0.15, 0.2) is 0 Å². The average Bonchev–Trinajstić information content (AvgIpc) is 2.56. The minimum absolute atomic E-state index is 0.0180. The highest BCUT2D eigenvalue weighted by atomic mass is 16.6. The van der Waals surface area contributed by atoms with Gasteiger partial charge in [0.25, 0.3) is 0 Å². The van der Waals surface area contributed by atoms with Gasteiger partial charge in [-0.05, 0) is 63.2 Å². The standard InChI is InChI=1S/C20H34O4/c1-14(2)15(3)18(19(21)23-16-10-6-4-7-11-16)20(22)24-17-12-8-5-9-13-17/h14-18H,4-13H2,1-3H3. The quantitative estimate of drug-likeness (QED) is 0.523. The van der Waals surface area contributed by atoms with Crippen LogP contribution in [0.2, 0.25) is 0 Å². The Labute approximate surface area is 146 Å². The van der Waals surface area contributed by atoms with E-state index in [1.54, 1.807) is 0 Å². The van der Waals surface area contributed by atoms with Gasteiger partial charge in [0.15, 0.2) is 5.92 Å². The summed E-state index contributed by atoms with van der Waals surface area (Å²) in [4.78, 5) is 25.4. The fourth-order valence-corrected chi connectivity index (χ4v) is 3.75. The highest BCUT2D eigenvalue weighted by Gasteiger charge is 2.39. The van der Waals surface area contributed by atoms with Gasteiger partial charge in [-0.15, -0.1) is 0 Å². The highest BCUT2D eigenvalue weighted by Crippen LogP contribution is 2.29. The van der Waals surface area contributed by atoms with E-state index >= 15 is 0 Å². The Balaban J connectivity index is 1.99. The van der Waals surface area contributed by atoms with Crippen molar-refractivity contribution in [1.82, 2.24) is 0 Å². The summed E-state index contributed by atoms with van der Waals surface area (Å²) < 4.78 is 11.4. The molecule has 2 saturated carbocycles. The van der Waals surface area contributed by atoms with Crippen molar-refractivity contribution in [3.05, 3.63) is 0 Å². The third-order valence-corrected chi connectivity index (χ3v) is 5.76. The molecule has 2 rings (SSSR count). The summed E-state index contributed by atoms with van der Waals surface area (Å²) in [6.45, 7) is 6.04. The largest absolute Gasteiger partial charge is 0.462 e. The molecule has 0 aliphatic heterocycles. The summed E-state index contributed by atoms with van der Waals surface area (Å²) in [5.74, 6) is -1.37. The van der Waals surface area contributed by atoms with Crippen LogP contribution in [0.25, 0.3) is 0 Å². The van der Waals surface area contributed by atoms with Gasteiger partial charge in [0.2, 0.25) is 0 Å². The predicted molar refractivity (Wildman–Crippen MR) is 93.4 cm³/mol. The maximum absolute atomic E-state index is 12.7. The van der Waals surface area contributed by atoms with E-state index in [1.165, 1.54) is 12.8 Å². The van der Waals surface area contributed by atoms with E-state index in [-0.39, 0.29) is 36.0 Å². The molecule has 2 fully saturated rings. The summed E-state index contributed by atoms with van der Waals surface area (Å²) in [5, 5.41) is 0. The van der Waals surface area contributed by atoms with Crippen molar-refractivity contribution in [3.8, 4) is 0 Å². The molecule has 0 aromatic rings. The third-order valence-electron chi connectivity index (χ3n) is 5.76. The van der Waals surface area contributed by atoms with Crippen LogP contribution in [0.1, 0.15) is 85.0 Å². The Kier molecular flexibility index (Phi) is 7.57. The fourth-order valence-electron chi connectivity index (χ4n) is 3.75. The maximum Gasteiger partial charge on any atom is 0.320 e. The molecule has 0 saturated heterocycles. The maximum atomic E-state index is 12.7.